The largest absolute Gasteiger partial charge is 0.445 e. The van der Waals surface area contributed by atoms with Crippen LogP contribution >= 0.6 is 15.9 Å². The normalized spacial score (nSPS) is 12.6. The molecule has 5 heteroatoms. The van der Waals surface area contributed by atoms with Crippen LogP contribution in [0.3, 0.4) is 0 Å². The minimum atomic E-state index is -0.512. The Bertz CT molecular complexity index is 990. The molecule has 0 radical (unpaired) electrons. The van der Waals surface area contributed by atoms with Gasteiger partial charge in [-0.15, -0.1) is 0 Å². The van der Waals surface area contributed by atoms with Crippen molar-refractivity contribution in [1.29, 1.82) is 0 Å². The monoisotopic (exact) mass is 493 g/mol. The zero-order valence-electron chi connectivity index (χ0n) is 18.2. The van der Waals surface area contributed by atoms with E-state index in [0.29, 0.717) is 19.3 Å². The lowest BCUT2D eigenvalue weighted by atomic mass is 9.89. The topological polar surface area (TPSA) is 55.4 Å². The predicted molar refractivity (Wildman–Crippen MR) is 130 cm³/mol. The van der Waals surface area contributed by atoms with Crippen molar-refractivity contribution in [3.63, 3.8) is 0 Å². The standard InChI is InChI=1S/C27H28BrNO3/c1-20(26(30)17-14-21-12-15-24(28)16-13-21)25(18-22-8-4-2-5-9-22)29-27(31)32-19-23-10-6-3-7-11-23/h2-13,15-16,20,25H,14,17-19H2,1H3,(H,29,31). The Labute approximate surface area is 198 Å². The number of carbonyl (C=O) groups excluding carboxylic acids is 2. The third kappa shape index (κ3) is 7.65. The number of nitrogens with one attached hydrogen (secondary N) is 1. The molecule has 3 rings (SSSR count). The molecule has 32 heavy (non-hydrogen) atoms. The fourth-order valence-corrected chi connectivity index (χ4v) is 3.77. The van der Waals surface area contributed by atoms with E-state index in [1.807, 2.05) is 91.9 Å². The molecule has 1 N–H and O–H groups in total. The fourth-order valence-electron chi connectivity index (χ4n) is 3.51. The van der Waals surface area contributed by atoms with E-state index < -0.39 is 6.09 Å². The number of rotatable bonds is 10. The van der Waals surface area contributed by atoms with Gasteiger partial charge in [-0.05, 0) is 41.7 Å². The van der Waals surface area contributed by atoms with Crippen molar-refractivity contribution in [3.05, 3.63) is 106 Å². The highest BCUT2D eigenvalue weighted by molar-refractivity contribution is 9.10. The molecule has 0 bridgehead atoms. The van der Waals surface area contributed by atoms with Crippen molar-refractivity contribution >= 4 is 27.8 Å². The molecular formula is C27H28BrNO3. The van der Waals surface area contributed by atoms with E-state index >= 15 is 0 Å². The molecule has 2 atom stereocenters. The van der Waals surface area contributed by atoms with Crippen molar-refractivity contribution in [3.8, 4) is 0 Å². The Kier molecular flexibility index (Phi) is 9.05. The van der Waals surface area contributed by atoms with Gasteiger partial charge in [0, 0.05) is 22.9 Å². The number of hydrogen-bond donors (Lipinski definition) is 1. The summed E-state index contributed by atoms with van der Waals surface area (Å²) in [6.07, 6.45) is 1.15. The Balaban J connectivity index is 1.61. The molecule has 0 saturated carbocycles. The van der Waals surface area contributed by atoms with E-state index in [1.54, 1.807) is 0 Å². The minimum Gasteiger partial charge on any atom is -0.445 e. The Morgan fingerprint density at radius 3 is 2.06 bits per heavy atom. The molecule has 0 aliphatic rings. The number of alkyl carbamates (subject to hydrolysis) is 1. The maximum Gasteiger partial charge on any atom is 0.407 e. The fraction of sp³-hybridized carbons (Fsp3) is 0.259. The molecule has 166 valence electrons. The van der Waals surface area contributed by atoms with E-state index in [-0.39, 0.29) is 24.3 Å². The lowest BCUT2D eigenvalue weighted by molar-refractivity contribution is -0.123. The van der Waals surface area contributed by atoms with Crippen LogP contribution in [0.2, 0.25) is 0 Å². The SMILES string of the molecule is CC(C(=O)CCc1ccc(Br)cc1)C(Cc1ccccc1)NC(=O)OCc1ccccc1. The molecule has 1 amide bonds. The van der Waals surface area contributed by atoms with Gasteiger partial charge in [-0.25, -0.2) is 4.79 Å². The van der Waals surface area contributed by atoms with E-state index in [0.717, 1.165) is 21.2 Å². The van der Waals surface area contributed by atoms with Gasteiger partial charge >= 0.3 is 6.09 Å². The number of carbonyl (C=O) groups is 2. The van der Waals surface area contributed by atoms with Crippen LogP contribution in [0.25, 0.3) is 0 Å². The maximum absolute atomic E-state index is 13.0. The summed E-state index contributed by atoms with van der Waals surface area (Å²) in [5.41, 5.74) is 3.10. The molecule has 3 aromatic carbocycles. The van der Waals surface area contributed by atoms with Gasteiger partial charge < -0.3 is 10.1 Å². The van der Waals surface area contributed by atoms with Gasteiger partial charge in [0.05, 0.1) is 0 Å². The number of Topliss-reactive ketones (excluding diaryl/α,β-unsaturated/α-hetero) is 1. The van der Waals surface area contributed by atoms with Crippen LogP contribution in [0.5, 0.6) is 0 Å². The van der Waals surface area contributed by atoms with Crippen molar-refractivity contribution in [2.24, 2.45) is 5.92 Å². The molecular weight excluding hydrogens is 466 g/mol. The molecule has 3 aromatic rings. The average molecular weight is 494 g/mol. The summed E-state index contributed by atoms with van der Waals surface area (Å²) in [6, 6.07) is 27.1. The lowest BCUT2D eigenvalue weighted by Gasteiger charge is -2.24. The van der Waals surface area contributed by atoms with E-state index in [1.165, 1.54) is 0 Å². The highest BCUT2D eigenvalue weighted by Gasteiger charge is 2.26. The quantitative estimate of drug-likeness (QED) is 0.369. The van der Waals surface area contributed by atoms with Crippen molar-refractivity contribution < 1.29 is 14.3 Å². The molecule has 0 heterocycles. The van der Waals surface area contributed by atoms with Crippen LogP contribution in [0.4, 0.5) is 4.79 Å². The zero-order chi connectivity index (χ0) is 22.8. The third-order valence-corrected chi connectivity index (χ3v) is 6.03. The van der Waals surface area contributed by atoms with E-state index in [2.05, 4.69) is 21.2 Å². The zero-order valence-corrected chi connectivity index (χ0v) is 19.8. The smallest absolute Gasteiger partial charge is 0.407 e. The summed E-state index contributed by atoms with van der Waals surface area (Å²) in [7, 11) is 0. The molecule has 0 aliphatic heterocycles. The average Bonchev–Trinajstić information content (AvgIpc) is 2.82. The Morgan fingerprint density at radius 2 is 1.44 bits per heavy atom. The summed E-state index contributed by atoms with van der Waals surface area (Å²) in [5, 5.41) is 2.93. The van der Waals surface area contributed by atoms with Crippen molar-refractivity contribution in [2.45, 2.75) is 38.8 Å². The number of ether oxygens (including phenoxy) is 1. The first-order valence-corrected chi connectivity index (χ1v) is 11.6. The second-order valence-electron chi connectivity index (χ2n) is 7.88. The van der Waals surface area contributed by atoms with Gasteiger partial charge in [-0.3, -0.25) is 4.79 Å². The van der Waals surface area contributed by atoms with Crippen LogP contribution in [0.15, 0.2) is 89.4 Å². The summed E-state index contributed by atoms with van der Waals surface area (Å²) in [6.45, 7) is 2.08. The van der Waals surface area contributed by atoms with Gasteiger partial charge in [-0.1, -0.05) is 95.7 Å². The maximum atomic E-state index is 13.0. The highest BCUT2D eigenvalue weighted by Crippen LogP contribution is 2.17. The highest BCUT2D eigenvalue weighted by atomic mass is 79.9. The van der Waals surface area contributed by atoms with Gasteiger partial charge in [0.1, 0.15) is 12.4 Å². The second-order valence-corrected chi connectivity index (χ2v) is 8.80. The minimum absolute atomic E-state index is 0.122. The first-order valence-electron chi connectivity index (χ1n) is 10.8. The molecule has 0 aliphatic carbocycles. The Morgan fingerprint density at radius 1 is 0.844 bits per heavy atom. The molecule has 4 nitrogen and oxygen atoms in total. The second kappa shape index (κ2) is 12.2. The molecule has 0 fully saturated rings. The van der Waals surface area contributed by atoms with Crippen LogP contribution in [-0.4, -0.2) is 17.9 Å². The molecule has 0 spiro atoms. The van der Waals surface area contributed by atoms with Crippen molar-refractivity contribution in [2.75, 3.05) is 0 Å². The van der Waals surface area contributed by atoms with Gasteiger partial charge in [0.15, 0.2) is 0 Å². The number of ketones is 1. The number of benzene rings is 3. The van der Waals surface area contributed by atoms with Crippen LogP contribution in [-0.2, 0) is 29.0 Å². The third-order valence-electron chi connectivity index (χ3n) is 5.50. The van der Waals surface area contributed by atoms with Gasteiger partial charge in [0.25, 0.3) is 0 Å². The lowest BCUT2D eigenvalue weighted by Crippen LogP contribution is -2.44. The summed E-state index contributed by atoms with van der Waals surface area (Å²) in [4.78, 5) is 25.5. The van der Waals surface area contributed by atoms with E-state index in [4.69, 9.17) is 4.74 Å². The number of halogens is 1. The summed E-state index contributed by atoms with van der Waals surface area (Å²) in [5.74, 6) is -0.216. The van der Waals surface area contributed by atoms with Crippen LogP contribution in [0, 0.1) is 5.92 Å². The summed E-state index contributed by atoms with van der Waals surface area (Å²) < 4.78 is 6.42. The van der Waals surface area contributed by atoms with Crippen LogP contribution in [0.1, 0.15) is 30.0 Å². The van der Waals surface area contributed by atoms with Crippen LogP contribution < -0.4 is 5.32 Å². The molecule has 0 aromatic heterocycles. The number of hydrogen-bond acceptors (Lipinski definition) is 3. The predicted octanol–water partition coefficient (Wildman–Crippen LogP) is 6.12. The van der Waals surface area contributed by atoms with Gasteiger partial charge in [0.2, 0.25) is 0 Å². The molecule has 0 saturated heterocycles. The Hall–Kier alpha value is -2.92. The van der Waals surface area contributed by atoms with Crippen molar-refractivity contribution in [1.82, 2.24) is 5.32 Å². The first-order chi connectivity index (χ1) is 15.5. The summed E-state index contributed by atoms with van der Waals surface area (Å²) >= 11 is 3.43. The van der Waals surface area contributed by atoms with E-state index in [9.17, 15) is 9.59 Å². The van der Waals surface area contributed by atoms with Gasteiger partial charge in [-0.2, -0.15) is 0 Å². The number of aryl methyl sites for hydroxylation is 1. The molecule has 2 unspecified atom stereocenters. The number of amides is 1. The first kappa shape index (κ1) is 23.7.